The number of ether oxygens (including phenoxy) is 1. The molecule has 19 heavy (non-hydrogen) atoms. The summed E-state index contributed by atoms with van der Waals surface area (Å²) >= 11 is 0. The smallest absolute Gasteiger partial charge is 0.255 e. The third-order valence-corrected chi connectivity index (χ3v) is 3.27. The Labute approximate surface area is 113 Å². The molecule has 0 aromatic heterocycles. The number of carbonyl (C=O) groups is 1. The third-order valence-electron chi connectivity index (χ3n) is 2.36. The molecule has 0 aliphatic rings. The molecule has 7 heteroatoms. The van der Waals surface area contributed by atoms with Crippen LogP contribution in [0.25, 0.3) is 0 Å². The molecule has 0 aliphatic carbocycles. The molecule has 106 valence electrons. The molecule has 1 amide bonds. The van der Waals surface area contributed by atoms with Gasteiger partial charge < -0.3 is 10.1 Å². The fraction of sp³-hybridized carbons (Fsp3) is 0.417. The van der Waals surface area contributed by atoms with E-state index in [1.807, 2.05) is 6.92 Å². The van der Waals surface area contributed by atoms with E-state index in [1.165, 1.54) is 18.2 Å². The van der Waals surface area contributed by atoms with Gasteiger partial charge in [-0.3, -0.25) is 4.79 Å². The fourth-order valence-corrected chi connectivity index (χ4v) is 2.02. The van der Waals surface area contributed by atoms with Gasteiger partial charge >= 0.3 is 0 Å². The van der Waals surface area contributed by atoms with Crippen molar-refractivity contribution in [2.24, 2.45) is 5.14 Å². The molecule has 0 unspecified atom stereocenters. The second-order valence-electron chi connectivity index (χ2n) is 3.89. The molecule has 0 saturated heterocycles. The molecule has 0 atom stereocenters. The number of carbonyl (C=O) groups excluding carboxylic acids is 1. The first kappa shape index (κ1) is 15.5. The van der Waals surface area contributed by atoms with Gasteiger partial charge in [-0.15, -0.1) is 0 Å². The number of nitrogens with two attached hydrogens (primary N) is 1. The molecule has 1 aromatic rings. The minimum absolute atomic E-state index is 0.113. The van der Waals surface area contributed by atoms with E-state index in [2.05, 4.69) is 5.32 Å². The summed E-state index contributed by atoms with van der Waals surface area (Å²) in [5.41, 5.74) is 0.168. The maximum absolute atomic E-state index is 12.0. The zero-order valence-electron chi connectivity index (χ0n) is 11.0. The van der Waals surface area contributed by atoms with Crippen LogP contribution in [0.15, 0.2) is 23.1 Å². The Hall–Kier alpha value is -1.60. The number of primary sulfonamides is 1. The normalized spacial score (nSPS) is 11.1. The van der Waals surface area contributed by atoms with Crippen molar-refractivity contribution in [3.63, 3.8) is 0 Å². The Kier molecular flexibility index (Phi) is 5.31. The van der Waals surface area contributed by atoms with E-state index in [0.29, 0.717) is 18.9 Å². The number of hydrogen-bond acceptors (Lipinski definition) is 4. The fourth-order valence-electron chi connectivity index (χ4n) is 1.48. The lowest BCUT2D eigenvalue weighted by Crippen LogP contribution is -2.25. The average molecular weight is 286 g/mol. The quantitative estimate of drug-likeness (QED) is 0.810. The number of amides is 1. The van der Waals surface area contributed by atoms with Crippen LogP contribution < -0.4 is 15.2 Å². The first-order chi connectivity index (χ1) is 8.90. The van der Waals surface area contributed by atoms with Crippen molar-refractivity contribution in [2.75, 3.05) is 13.2 Å². The maximum Gasteiger partial charge on any atom is 0.255 e. The largest absolute Gasteiger partial charge is 0.493 e. The maximum atomic E-state index is 12.0. The molecule has 6 nitrogen and oxygen atoms in total. The predicted octanol–water partition coefficient (Wildman–Crippen LogP) is 0.872. The van der Waals surface area contributed by atoms with Crippen LogP contribution in [-0.4, -0.2) is 27.5 Å². The minimum atomic E-state index is -3.85. The highest BCUT2D eigenvalue weighted by molar-refractivity contribution is 7.89. The summed E-state index contributed by atoms with van der Waals surface area (Å²) in [6.07, 6.45) is 0.782. The van der Waals surface area contributed by atoms with Crippen molar-refractivity contribution >= 4 is 15.9 Å². The average Bonchev–Trinajstić information content (AvgIpc) is 2.35. The topological polar surface area (TPSA) is 98.5 Å². The predicted molar refractivity (Wildman–Crippen MR) is 71.6 cm³/mol. The van der Waals surface area contributed by atoms with E-state index >= 15 is 0 Å². The highest BCUT2D eigenvalue weighted by atomic mass is 32.2. The van der Waals surface area contributed by atoms with Crippen LogP contribution in [0.2, 0.25) is 0 Å². The van der Waals surface area contributed by atoms with Gasteiger partial charge in [0.15, 0.2) is 0 Å². The van der Waals surface area contributed by atoms with Gasteiger partial charge in [-0.2, -0.15) is 0 Å². The van der Waals surface area contributed by atoms with E-state index in [-0.39, 0.29) is 16.4 Å². The van der Waals surface area contributed by atoms with Gasteiger partial charge in [0.1, 0.15) is 5.75 Å². The molecule has 0 heterocycles. The van der Waals surface area contributed by atoms with E-state index in [0.717, 1.165) is 6.42 Å². The number of nitrogens with one attached hydrogen (secondary N) is 1. The molecule has 0 saturated carbocycles. The summed E-state index contributed by atoms with van der Waals surface area (Å²) in [6.45, 7) is 4.58. The Morgan fingerprint density at radius 2 is 2.05 bits per heavy atom. The molecular weight excluding hydrogens is 268 g/mol. The summed E-state index contributed by atoms with van der Waals surface area (Å²) in [6, 6.07) is 3.98. The van der Waals surface area contributed by atoms with Crippen LogP contribution in [-0.2, 0) is 10.0 Å². The molecule has 0 radical (unpaired) electrons. The summed E-state index contributed by atoms with van der Waals surface area (Å²) in [7, 11) is -3.85. The lowest BCUT2D eigenvalue weighted by Gasteiger charge is -2.11. The van der Waals surface area contributed by atoms with Gasteiger partial charge in [-0.1, -0.05) is 6.92 Å². The molecule has 3 N–H and O–H groups in total. The molecule has 0 spiro atoms. The summed E-state index contributed by atoms with van der Waals surface area (Å²) in [5, 5.41) is 7.72. The number of hydrogen-bond donors (Lipinski definition) is 2. The Balaban J connectivity index is 3.19. The molecule has 1 rings (SSSR count). The van der Waals surface area contributed by atoms with Gasteiger partial charge in [0, 0.05) is 6.54 Å². The number of rotatable bonds is 6. The van der Waals surface area contributed by atoms with Crippen LogP contribution in [0.4, 0.5) is 0 Å². The third kappa shape index (κ3) is 4.22. The van der Waals surface area contributed by atoms with E-state index in [9.17, 15) is 13.2 Å². The van der Waals surface area contributed by atoms with Crippen LogP contribution in [0.3, 0.4) is 0 Å². The zero-order chi connectivity index (χ0) is 14.5. The summed E-state index contributed by atoms with van der Waals surface area (Å²) in [5.74, 6) is -0.0423. The van der Waals surface area contributed by atoms with Gasteiger partial charge in [-0.05, 0) is 31.5 Å². The van der Waals surface area contributed by atoms with Crippen LogP contribution in [0, 0.1) is 0 Å². The lowest BCUT2D eigenvalue weighted by atomic mass is 10.2. The van der Waals surface area contributed by atoms with E-state index in [1.54, 1.807) is 6.92 Å². The molecule has 0 bridgehead atoms. The highest BCUT2D eigenvalue weighted by Crippen LogP contribution is 2.22. The lowest BCUT2D eigenvalue weighted by molar-refractivity contribution is 0.0949. The Morgan fingerprint density at radius 3 is 2.58 bits per heavy atom. The molecule has 0 fully saturated rings. The van der Waals surface area contributed by atoms with E-state index in [4.69, 9.17) is 9.88 Å². The van der Waals surface area contributed by atoms with Crippen molar-refractivity contribution < 1.29 is 17.9 Å². The van der Waals surface area contributed by atoms with Crippen LogP contribution in [0.1, 0.15) is 30.6 Å². The second kappa shape index (κ2) is 6.53. The van der Waals surface area contributed by atoms with Crippen molar-refractivity contribution in [3.8, 4) is 5.75 Å². The standard InChI is InChI=1S/C12H18N2O4S/c1-3-7-14-12(15)10-8-9(19(13,16)17)5-6-11(10)18-4-2/h5-6,8H,3-4,7H2,1-2H3,(H,14,15)(H2,13,16,17). The van der Waals surface area contributed by atoms with Gasteiger partial charge in [-0.25, -0.2) is 13.6 Å². The molecular formula is C12H18N2O4S. The highest BCUT2D eigenvalue weighted by Gasteiger charge is 2.17. The van der Waals surface area contributed by atoms with Crippen molar-refractivity contribution in [2.45, 2.75) is 25.2 Å². The first-order valence-electron chi connectivity index (χ1n) is 5.98. The van der Waals surface area contributed by atoms with Crippen molar-refractivity contribution in [1.29, 1.82) is 0 Å². The van der Waals surface area contributed by atoms with Crippen molar-refractivity contribution in [3.05, 3.63) is 23.8 Å². The summed E-state index contributed by atoms with van der Waals surface area (Å²) < 4.78 is 27.9. The molecule has 0 aliphatic heterocycles. The SMILES string of the molecule is CCCNC(=O)c1cc(S(N)(=O)=O)ccc1OCC. The Morgan fingerprint density at radius 1 is 1.37 bits per heavy atom. The van der Waals surface area contributed by atoms with Crippen LogP contribution >= 0.6 is 0 Å². The van der Waals surface area contributed by atoms with Gasteiger partial charge in [0.25, 0.3) is 5.91 Å². The molecule has 1 aromatic carbocycles. The zero-order valence-corrected chi connectivity index (χ0v) is 11.8. The Bertz CT molecular complexity index is 555. The minimum Gasteiger partial charge on any atom is -0.493 e. The van der Waals surface area contributed by atoms with Gasteiger partial charge in [0.2, 0.25) is 10.0 Å². The first-order valence-corrected chi connectivity index (χ1v) is 7.52. The van der Waals surface area contributed by atoms with Crippen LogP contribution in [0.5, 0.6) is 5.75 Å². The number of benzene rings is 1. The number of sulfonamides is 1. The van der Waals surface area contributed by atoms with E-state index < -0.39 is 10.0 Å². The van der Waals surface area contributed by atoms with Gasteiger partial charge in [0.05, 0.1) is 17.1 Å². The summed E-state index contributed by atoms with van der Waals surface area (Å²) in [4.78, 5) is 11.8. The second-order valence-corrected chi connectivity index (χ2v) is 5.45. The van der Waals surface area contributed by atoms with Crippen molar-refractivity contribution in [1.82, 2.24) is 5.32 Å². The monoisotopic (exact) mass is 286 g/mol.